The van der Waals surface area contributed by atoms with E-state index in [1.165, 1.54) is 0 Å². The highest BCUT2D eigenvalue weighted by molar-refractivity contribution is 7.53. The molecular weight excluding hydrogens is 323 g/mol. The van der Waals surface area contributed by atoms with E-state index in [9.17, 15) is 4.57 Å². The predicted molar refractivity (Wildman–Crippen MR) is 98.1 cm³/mol. The molecule has 0 aromatic heterocycles. The van der Waals surface area contributed by atoms with Crippen molar-refractivity contribution in [2.24, 2.45) is 0 Å². The molecule has 134 valence electrons. The van der Waals surface area contributed by atoms with Gasteiger partial charge in [-0.05, 0) is 25.3 Å². The van der Waals surface area contributed by atoms with Crippen LogP contribution in [-0.4, -0.2) is 26.4 Å². The molecule has 4 nitrogen and oxygen atoms in total. The first-order chi connectivity index (χ1) is 11.7. The highest BCUT2D eigenvalue weighted by atomic mass is 31.2. The topological polar surface area (TPSA) is 44.8 Å². The molecule has 1 atom stereocenters. The quantitative estimate of drug-likeness (QED) is 0.267. The maximum atomic E-state index is 13.0. The number of rotatable bonds is 14. The molecule has 0 N–H and O–H groups in total. The molecule has 1 unspecified atom stereocenters. The molecule has 0 fully saturated rings. The van der Waals surface area contributed by atoms with Gasteiger partial charge in [0.1, 0.15) is 0 Å². The molecule has 0 saturated heterocycles. The SMILES string of the molecule is C#CCCCCCCOP(=O)(Cc1ccccc1)OCCOCC. The number of terminal acetylenes is 1. The summed E-state index contributed by atoms with van der Waals surface area (Å²) < 4.78 is 29.4. The highest BCUT2D eigenvalue weighted by Crippen LogP contribution is 2.51. The normalized spacial score (nSPS) is 13.3. The van der Waals surface area contributed by atoms with E-state index in [-0.39, 0.29) is 12.8 Å². The van der Waals surface area contributed by atoms with E-state index in [1.807, 2.05) is 37.3 Å². The maximum Gasteiger partial charge on any atom is 0.335 e. The van der Waals surface area contributed by atoms with E-state index in [4.69, 9.17) is 20.2 Å². The second-order valence-electron chi connectivity index (χ2n) is 5.49. The van der Waals surface area contributed by atoms with Crippen LogP contribution in [0.4, 0.5) is 0 Å². The summed E-state index contributed by atoms with van der Waals surface area (Å²) in [7, 11) is -3.16. The van der Waals surface area contributed by atoms with Crippen molar-refractivity contribution in [2.75, 3.05) is 26.4 Å². The lowest BCUT2D eigenvalue weighted by Gasteiger charge is -2.19. The van der Waals surface area contributed by atoms with Gasteiger partial charge < -0.3 is 13.8 Å². The Kier molecular flexibility index (Phi) is 11.5. The van der Waals surface area contributed by atoms with E-state index in [0.29, 0.717) is 19.8 Å². The summed E-state index contributed by atoms with van der Waals surface area (Å²) in [5.41, 5.74) is 0.950. The Labute approximate surface area is 146 Å². The molecular formula is C19H29O4P. The van der Waals surface area contributed by atoms with Crippen LogP contribution in [0, 0.1) is 12.3 Å². The summed E-state index contributed by atoms with van der Waals surface area (Å²) in [4.78, 5) is 0. The van der Waals surface area contributed by atoms with Crippen LogP contribution in [0.1, 0.15) is 44.6 Å². The van der Waals surface area contributed by atoms with Crippen LogP contribution in [-0.2, 0) is 24.5 Å². The average molecular weight is 352 g/mol. The minimum atomic E-state index is -3.16. The van der Waals surface area contributed by atoms with Crippen molar-refractivity contribution in [1.29, 1.82) is 0 Å². The van der Waals surface area contributed by atoms with Gasteiger partial charge in [-0.2, -0.15) is 0 Å². The second-order valence-corrected chi connectivity index (χ2v) is 7.54. The number of hydrogen-bond donors (Lipinski definition) is 0. The summed E-state index contributed by atoms with van der Waals surface area (Å²) in [5.74, 6) is 2.64. The van der Waals surface area contributed by atoms with Gasteiger partial charge in [-0.15, -0.1) is 12.3 Å². The first kappa shape index (κ1) is 20.9. The number of benzene rings is 1. The molecule has 24 heavy (non-hydrogen) atoms. The van der Waals surface area contributed by atoms with Gasteiger partial charge >= 0.3 is 7.60 Å². The Morgan fingerprint density at radius 1 is 1.00 bits per heavy atom. The Hall–Kier alpha value is -1.11. The summed E-state index contributed by atoms with van der Waals surface area (Å²) in [6.07, 6.45) is 10.3. The van der Waals surface area contributed by atoms with Crippen LogP contribution in [0.2, 0.25) is 0 Å². The zero-order chi connectivity index (χ0) is 17.5. The van der Waals surface area contributed by atoms with E-state index in [2.05, 4.69) is 5.92 Å². The van der Waals surface area contributed by atoms with Gasteiger partial charge in [0.05, 0.1) is 26.0 Å². The second kappa shape index (κ2) is 13.2. The molecule has 0 amide bonds. The van der Waals surface area contributed by atoms with Gasteiger partial charge in [0.25, 0.3) is 0 Å². The van der Waals surface area contributed by atoms with Crippen LogP contribution in [0.25, 0.3) is 0 Å². The smallest absolute Gasteiger partial charge is 0.335 e. The summed E-state index contributed by atoms with van der Waals surface area (Å²) >= 11 is 0. The molecule has 5 heteroatoms. The van der Waals surface area contributed by atoms with Crippen molar-refractivity contribution in [1.82, 2.24) is 0 Å². The molecule has 0 spiro atoms. The Balaban J connectivity index is 2.42. The fourth-order valence-electron chi connectivity index (χ4n) is 2.20. The third kappa shape index (κ3) is 9.90. The molecule has 1 aromatic carbocycles. The van der Waals surface area contributed by atoms with E-state index in [1.54, 1.807) is 0 Å². The zero-order valence-corrected chi connectivity index (χ0v) is 15.5. The maximum absolute atomic E-state index is 13.0. The number of ether oxygens (including phenoxy) is 1. The van der Waals surface area contributed by atoms with Gasteiger partial charge in [0.2, 0.25) is 0 Å². The summed E-state index contributed by atoms with van der Waals surface area (Å²) in [5, 5.41) is 0. The van der Waals surface area contributed by atoms with Gasteiger partial charge in [0, 0.05) is 13.0 Å². The van der Waals surface area contributed by atoms with Crippen LogP contribution in [0.3, 0.4) is 0 Å². The molecule has 0 radical (unpaired) electrons. The summed E-state index contributed by atoms with van der Waals surface area (Å²) in [6, 6.07) is 9.64. The third-order valence-electron chi connectivity index (χ3n) is 3.44. The first-order valence-corrected chi connectivity index (χ1v) is 10.4. The zero-order valence-electron chi connectivity index (χ0n) is 14.6. The minimum Gasteiger partial charge on any atom is -0.379 e. The highest BCUT2D eigenvalue weighted by Gasteiger charge is 2.25. The average Bonchev–Trinajstić information content (AvgIpc) is 2.59. The molecule has 0 aliphatic heterocycles. The molecule has 1 rings (SSSR count). The lowest BCUT2D eigenvalue weighted by atomic mass is 10.1. The van der Waals surface area contributed by atoms with Crippen molar-refractivity contribution in [2.45, 2.75) is 45.2 Å². The van der Waals surface area contributed by atoms with Crippen LogP contribution in [0.15, 0.2) is 30.3 Å². The van der Waals surface area contributed by atoms with Crippen molar-refractivity contribution in [3.05, 3.63) is 35.9 Å². The van der Waals surface area contributed by atoms with E-state index < -0.39 is 7.60 Å². The third-order valence-corrected chi connectivity index (χ3v) is 5.35. The van der Waals surface area contributed by atoms with Crippen LogP contribution in [0.5, 0.6) is 0 Å². The standard InChI is InChI=1S/C19H29O4P/c1-3-5-6-7-8-12-15-22-24(20,23-17-16-21-4-2)18-19-13-10-9-11-14-19/h1,9-11,13-14H,4-8,12,15-18H2,2H3. The Morgan fingerprint density at radius 2 is 1.71 bits per heavy atom. The molecule has 0 saturated carbocycles. The number of unbranched alkanes of at least 4 members (excludes halogenated alkanes) is 4. The van der Waals surface area contributed by atoms with E-state index >= 15 is 0 Å². The van der Waals surface area contributed by atoms with Gasteiger partial charge in [-0.1, -0.05) is 43.2 Å². The minimum absolute atomic E-state index is 0.278. The molecule has 0 aliphatic carbocycles. The molecule has 0 aliphatic rings. The van der Waals surface area contributed by atoms with Crippen molar-refractivity contribution in [3.63, 3.8) is 0 Å². The lowest BCUT2D eigenvalue weighted by Crippen LogP contribution is -2.06. The van der Waals surface area contributed by atoms with Crippen molar-refractivity contribution in [3.8, 4) is 12.3 Å². The van der Waals surface area contributed by atoms with Crippen molar-refractivity contribution < 1.29 is 18.3 Å². The molecule has 0 bridgehead atoms. The monoisotopic (exact) mass is 352 g/mol. The Bertz CT molecular complexity index is 510. The molecule has 1 aromatic rings. The molecule has 0 heterocycles. The first-order valence-electron chi connectivity index (χ1n) is 8.63. The Morgan fingerprint density at radius 3 is 2.42 bits per heavy atom. The fourth-order valence-corrected chi connectivity index (χ4v) is 3.88. The fraction of sp³-hybridized carbons (Fsp3) is 0.579. The lowest BCUT2D eigenvalue weighted by molar-refractivity contribution is 0.0981. The van der Waals surface area contributed by atoms with Crippen LogP contribution >= 0.6 is 7.60 Å². The van der Waals surface area contributed by atoms with Gasteiger partial charge in [0.15, 0.2) is 0 Å². The number of hydrogen-bond acceptors (Lipinski definition) is 4. The van der Waals surface area contributed by atoms with Gasteiger partial charge in [-0.25, -0.2) is 0 Å². The van der Waals surface area contributed by atoms with Crippen LogP contribution < -0.4 is 0 Å². The largest absolute Gasteiger partial charge is 0.379 e. The van der Waals surface area contributed by atoms with E-state index in [0.717, 1.165) is 37.7 Å². The summed E-state index contributed by atoms with van der Waals surface area (Å²) in [6.45, 7) is 3.67. The van der Waals surface area contributed by atoms with Gasteiger partial charge in [-0.3, -0.25) is 4.57 Å². The predicted octanol–water partition coefficient (Wildman–Crippen LogP) is 5.03. The van der Waals surface area contributed by atoms with Crippen molar-refractivity contribution >= 4 is 7.60 Å².